The molecule has 0 bridgehead atoms. The fourth-order valence-corrected chi connectivity index (χ4v) is 12.1. The van der Waals surface area contributed by atoms with E-state index in [2.05, 4.69) is 41.5 Å². The van der Waals surface area contributed by atoms with E-state index < -0.39 is 97.5 Å². The predicted octanol–water partition coefficient (Wildman–Crippen LogP) is 20.0. The van der Waals surface area contributed by atoms with E-state index in [1.807, 2.05) is 0 Å². The summed E-state index contributed by atoms with van der Waals surface area (Å²) in [4.78, 5) is 72.5. The van der Waals surface area contributed by atoms with E-state index >= 15 is 0 Å². The van der Waals surface area contributed by atoms with Crippen molar-refractivity contribution < 1.29 is 80.2 Å². The molecule has 0 aliphatic heterocycles. The van der Waals surface area contributed by atoms with Crippen LogP contribution in [0.3, 0.4) is 0 Å². The first kappa shape index (κ1) is 87.1. The Morgan fingerprint density at radius 2 is 0.573 bits per heavy atom. The number of phosphoric acid groups is 2. The van der Waals surface area contributed by atoms with Crippen LogP contribution in [0.1, 0.15) is 356 Å². The zero-order valence-corrected chi connectivity index (χ0v) is 59.5. The number of phosphoric ester groups is 2. The maximum absolute atomic E-state index is 13.0. The van der Waals surface area contributed by atoms with Crippen molar-refractivity contribution in [3.63, 3.8) is 0 Å². The van der Waals surface area contributed by atoms with Gasteiger partial charge < -0.3 is 33.8 Å². The Hall–Kier alpha value is -1.94. The Balaban J connectivity index is 5.25. The van der Waals surface area contributed by atoms with E-state index in [1.54, 1.807) is 0 Å². The van der Waals surface area contributed by atoms with Crippen molar-refractivity contribution in [2.24, 2.45) is 11.8 Å². The van der Waals surface area contributed by atoms with Crippen LogP contribution in [-0.4, -0.2) is 96.7 Å². The number of carbonyl (C=O) groups is 4. The van der Waals surface area contributed by atoms with Crippen LogP contribution in [0.2, 0.25) is 0 Å². The Morgan fingerprint density at radius 3 is 0.854 bits per heavy atom. The van der Waals surface area contributed by atoms with Crippen LogP contribution in [0.15, 0.2) is 0 Å². The fourth-order valence-electron chi connectivity index (χ4n) is 10.6. The summed E-state index contributed by atoms with van der Waals surface area (Å²) < 4.78 is 68.3. The highest BCUT2D eigenvalue weighted by Crippen LogP contribution is 2.45. The zero-order chi connectivity index (χ0) is 65.7. The molecule has 528 valence electrons. The van der Waals surface area contributed by atoms with Crippen LogP contribution in [0, 0.1) is 11.8 Å². The lowest BCUT2D eigenvalue weighted by atomic mass is 9.99. The normalized spacial score (nSPS) is 14.4. The van der Waals surface area contributed by atoms with Gasteiger partial charge in [0.2, 0.25) is 0 Å². The Kier molecular flexibility index (Phi) is 60.8. The maximum atomic E-state index is 13.0. The summed E-state index contributed by atoms with van der Waals surface area (Å²) in [5, 5.41) is 10.6. The SMILES string of the molecule is CCCCCCCCCCCCCC(=O)OC[C@H](COP(=O)(O)OC[C@H](O)COP(=O)(O)OC[C@@H](COC(=O)CCCCCCCCCCC(C)CC)OC(=O)CCCCCCCCCCCCCCC(C)C)OC(=O)CCCCCCCCCCCCC. The molecule has 89 heavy (non-hydrogen) atoms. The number of carbonyl (C=O) groups excluding carboxylic acids is 4. The number of ether oxygens (including phenoxy) is 4. The second kappa shape index (κ2) is 62.2. The molecule has 0 aromatic heterocycles. The summed E-state index contributed by atoms with van der Waals surface area (Å²) in [6.07, 6.45) is 47.0. The summed E-state index contributed by atoms with van der Waals surface area (Å²) in [5.41, 5.74) is 0. The summed E-state index contributed by atoms with van der Waals surface area (Å²) in [6, 6.07) is 0. The van der Waals surface area contributed by atoms with Crippen LogP contribution in [0.4, 0.5) is 0 Å². The zero-order valence-electron chi connectivity index (χ0n) is 57.7. The Labute approximate surface area is 543 Å². The van der Waals surface area contributed by atoms with Crippen LogP contribution in [0.5, 0.6) is 0 Å². The average Bonchev–Trinajstić information content (AvgIpc) is 3.62. The highest BCUT2D eigenvalue weighted by Gasteiger charge is 2.30. The van der Waals surface area contributed by atoms with Crippen LogP contribution in [0.25, 0.3) is 0 Å². The van der Waals surface area contributed by atoms with Gasteiger partial charge >= 0.3 is 39.5 Å². The Morgan fingerprint density at radius 1 is 0.326 bits per heavy atom. The number of unbranched alkanes of at least 4 members (excludes halogenated alkanes) is 38. The number of aliphatic hydroxyl groups excluding tert-OH is 1. The number of esters is 4. The lowest BCUT2D eigenvalue weighted by Crippen LogP contribution is -2.30. The molecule has 3 unspecified atom stereocenters. The molecule has 17 nitrogen and oxygen atoms in total. The standard InChI is InChI=1S/C70H136O17P2/c1-7-10-12-14-16-18-22-27-34-40-46-52-67(72)80-58-65(86-69(74)54-48-42-36-28-23-19-17-15-13-11-8-2)60-84-88(76,77)82-56-64(71)57-83-89(78,79)85-61-66(59-81-68(73)53-47-41-35-31-30-33-39-45-51-63(6)9-3)87-70(75)55-49-43-37-29-25-21-20-24-26-32-38-44-50-62(4)5/h62-66,71H,7-61H2,1-6H3,(H,76,77)(H,78,79)/t63?,64-,65+,66+/m0/s1. The minimum atomic E-state index is -4.95. The van der Waals surface area contributed by atoms with E-state index in [0.717, 1.165) is 102 Å². The second-order valence-corrected chi connectivity index (χ2v) is 28.9. The highest BCUT2D eigenvalue weighted by molar-refractivity contribution is 7.47. The highest BCUT2D eigenvalue weighted by atomic mass is 31.2. The average molecular weight is 1310 g/mol. The van der Waals surface area contributed by atoms with Crippen molar-refractivity contribution in [3.05, 3.63) is 0 Å². The van der Waals surface area contributed by atoms with Crippen molar-refractivity contribution in [1.82, 2.24) is 0 Å². The molecule has 0 amide bonds. The first-order valence-electron chi connectivity index (χ1n) is 36.5. The minimum absolute atomic E-state index is 0.106. The first-order valence-corrected chi connectivity index (χ1v) is 39.5. The smallest absolute Gasteiger partial charge is 0.462 e. The Bertz CT molecular complexity index is 1740. The largest absolute Gasteiger partial charge is 0.472 e. The van der Waals surface area contributed by atoms with Gasteiger partial charge in [-0.05, 0) is 37.5 Å². The molecule has 0 radical (unpaired) electrons. The molecule has 6 atom stereocenters. The van der Waals surface area contributed by atoms with E-state index in [9.17, 15) is 43.2 Å². The molecule has 0 rings (SSSR count). The molecule has 0 heterocycles. The lowest BCUT2D eigenvalue weighted by molar-refractivity contribution is -0.161. The summed E-state index contributed by atoms with van der Waals surface area (Å²) in [5.74, 6) is -0.569. The third kappa shape index (κ3) is 63.2. The molecule has 0 fully saturated rings. The lowest BCUT2D eigenvalue weighted by Gasteiger charge is -2.21. The number of aliphatic hydroxyl groups is 1. The summed E-state index contributed by atoms with van der Waals surface area (Å²) >= 11 is 0. The van der Waals surface area contributed by atoms with E-state index in [-0.39, 0.29) is 25.7 Å². The molecular weight excluding hydrogens is 1170 g/mol. The topological polar surface area (TPSA) is 237 Å². The van der Waals surface area contributed by atoms with Crippen molar-refractivity contribution in [2.75, 3.05) is 39.6 Å². The van der Waals surface area contributed by atoms with Crippen molar-refractivity contribution in [1.29, 1.82) is 0 Å². The van der Waals surface area contributed by atoms with E-state index in [0.29, 0.717) is 25.7 Å². The van der Waals surface area contributed by atoms with Crippen molar-refractivity contribution >= 4 is 39.5 Å². The van der Waals surface area contributed by atoms with E-state index in [1.165, 1.54) is 173 Å². The van der Waals surface area contributed by atoms with Crippen LogP contribution < -0.4 is 0 Å². The molecule has 0 aromatic rings. The van der Waals surface area contributed by atoms with Crippen LogP contribution in [-0.2, 0) is 65.4 Å². The van der Waals surface area contributed by atoms with Gasteiger partial charge in [-0.2, -0.15) is 0 Å². The molecular formula is C70H136O17P2. The third-order valence-electron chi connectivity index (χ3n) is 16.6. The predicted molar refractivity (Wildman–Crippen MR) is 358 cm³/mol. The van der Waals surface area contributed by atoms with Gasteiger partial charge in [-0.3, -0.25) is 37.3 Å². The molecule has 0 aliphatic carbocycles. The van der Waals surface area contributed by atoms with Gasteiger partial charge in [-0.1, -0.05) is 305 Å². The van der Waals surface area contributed by atoms with Crippen molar-refractivity contribution in [3.8, 4) is 0 Å². The molecule has 0 saturated heterocycles. The molecule has 0 aliphatic rings. The van der Waals surface area contributed by atoms with Gasteiger partial charge in [0.25, 0.3) is 0 Å². The summed E-state index contributed by atoms with van der Waals surface area (Å²) in [7, 11) is -9.90. The quantitative estimate of drug-likeness (QED) is 0.0222. The monoisotopic (exact) mass is 1310 g/mol. The van der Waals surface area contributed by atoms with Crippen molar-refractivity contribution in [2.45, 2.75) is 374 Å². The van der Waals surface area contributed by atoms with Gasteiger partial charge in [0.1, 0.15) is 19.3 Å². The van der Waals surface area contributed by atoms with Gasteiger partial charge in [0.15, 0.2) is 12.2 Å². The molecule has 19 heteroatoms. The number of hydrogen-bond acceptors (Lipinski definition) is 15. The maximum Gasteiger partial charge on any atom is 0.472 e. The van der Waals surface area contributed by atoms with Gasteiger partial charge in [0.05, 0.1) is 26.4 Å². The first-order chi connectivity index (χ1) is 42.9. The van der Waals surface area contributed by atoms with E-state index in [4.69, 9.17) is 37.0 Å². The van der Waals surface area contributed by atoms with Crippen LogP contribution >= 0.6 is 15.6 Å². The molecule has 0 aromatic carbocycles. The summed E-state index contributed by atoms with van der Waals surface area (Å²) in [6.45, 7) is 9.56. The molecule has 0 saturated carbocycles. The fraction of sp³-hybridized carbons (Fsp3) is 0.943. The minimum Gasteiger partial charge on any atom is -0.462 e. The third-order valence-corrected chi connectivity index (χ3v) is 18.5. The van der Waals surface area contributed by atoms with Gasteiger partial charge in [-0.15, -0.1) is 0 Å². The molecule has 0 spiro atoms. The number of rotatable bonds is 69. The van der Waals surface area contributed by atoms with Gasteiger partial charge in [0, 0.05) is 25.7 Å². The van der Waals surface area contributed by atoms with Gasteiger partial charge in [-0.25, -0.2) is 9.13 Å². The second-order valence-electron chi connectivity index (χ2n) is 26.0. The molecule has 3 N–H and O–H groups in total. The number of hydrogen-bond donors (Lipinski definition) is 3.